The Labute approximate surface area is 107 Å². The van der Waals surface area contributed by atoms with Gasteiger partial charge in [-0.2, -0.15) is 0 Å². The van der Waals surface area contributed by atoms with Crippen LogP contribution in [0.4, 0.5) is 5.82 Å². The number of aromatic nitrogens is 1. The van der Waals surface area contributed by atoms with Gasteiger partial charge >= 0.3 is 0 Å². The zero-order chi connectivity index (χ0) is 12.4. The monoisotopic (exact) mass is 294 g/mol. The second kappa shape index (κ2) is 4.71. The highest BCUT2D eigenvalue weighted by molar-refractivity contribution is 9.10. The van der Waals surface area contributed by atoms with E-state index < -0.39 is 0 Å². The van der Waals surface area contributed by atoms with E-state index in [1.165, 1.54) is 6.26 Å². The summed E-state index contributed by atoms with van der Waals surface area (Å²) < 4.78 is 5.99. The summed E-state index contributed by atoms with van der Waals surface area (Å²) in [6.45, 7) is 3.68. The molecule has 5 heteroatoms. The Morgan fingerprint density at radius 3 is 2.82 bits per heavy atom. The molecule has 0 radical (unpaired) electrons. The summed E-state index contributed by atoms with van der Waals surface area (Å²) >= 11 is 3.36. The van der Waals surface area contributed by atoms with Crippen LogP contribution in [0.3, 0.4) is 0 Å². The summed E-state index contributed by atoms with van der Waals surface area (Å²) in [5.74, 6) is 0.901. The number of carbonyl (C=O) groups is 1. The van der Waals surface area contributed by atoms with E-state index in [0.29, 0.717) is 17.1 Å². The van der Waals surface area contributed by atoms with Crippen LogP contribution in [-0.4, -0.2) is 10.9 Å². The third-order valence-electron chi connectivity index (χ3n) is 2.39. The minimum atomic E-state index is -0.217. The van der Waals surface area contributed by atoms with Gasteiger partial charge in [-0.25, -0.2) is 4.98 Å². The first-order chi connectivity index (χ1) is 8.08. The van der Waals surface area contributed by atoms with Gasteiger partial charge in [-0.1, -0.05) is 0 Å². The number of furan rings is 1. The van der Waals surface area contributed by atoms with Gasteiger partial charge in [0.05, 0.1) is 11.8 Å². The van der Waals surface area contributed by atoms with Gasteiger partial charge in [0, 0.05) is 10.7 Å². The second-order valence-electron chi connectivity index (χ2n) is 3.66. The van der Waals surface area contributed by atoms with Gasteiger partial charge in [0.1, 0.15) is 11.6 Å². The third-order valence-corrected chi connectivity index (χ3v) is 3.22. The summed E-state index contributed by atoms with van der Waals surface area (Å²) in [6.07, 6.45) is 3.15. The summed E-state index contributed by atoms with van der Waals surface area (Å²) in [4.78, 5) is 16.0. The molecule has 2 heterocycles. The Kier molecular flexibility index (Phi) is 3.28. The molecule has 1 N–H and O–H groups in total. The van der Waals surface area contributed by atoms with E-state index in [1.54, 1.807) is 25.3 Å². The molecule has 0 aliphatic carbocycles. The number of halogens is 1. The Balaban J connectivity index is 2.19. The Hall–Kier alpha value is -1.62. The predicted octanol–water partition coefficient (Wildman–Crippen LogP) is 3.31. The topological polar surface area (TPSA) is 55.1 Å². The molecule has 0 atom stereocenters. The van der Waals surface area contributed by atoms with Crippen LogP contribution >= 0.6 is 15.9 Å². The summed E-state index contributed by atoms with van der Waals surface area (Å²) in [5.41, 5.74) is 1.53. The molecule has 0 saturated carbocycles. The van der Waals surface area contributed by atoms with Crippen LogP contribution in [-0.2, 0) is 0 Å². The Morgan fingerprint density at radius 2 is 2.24 bits per heavy atom. The summed E-state index contributed by atoms with van der Waals surface area (Å²) in [6, 6.07) is 3.44. The van der Waals surface area contributed by atoms with Crippen LogP contribution in [0.2, 0.25) is 0 Å². The SMILES string of the molecule is Cc1cc(NC(=O)c2ccoc2C)ncc1Br. The average molecular weight is 295 g/mol. The Morgan fingerprint density at radius 1 is 1.47 bits per heavy atom. The number of nitrogens with zero attached hydrogens (tertiary/aromatic N) is 1. The fraction of sp³-hybridized carbons (Fsp3) is 0.167. The van der Waals surface area contributed by atoms with Gasteiger partial charge in [0.25, 0.3) is 5.91 Å². The van der Waals surface area contributed by atoms with E-state index in [2.05, 4.69) is 26.2 Å². The number of aryl methyl sites for hydroxylation is 2. The molecule has 0 aliphatic rings. The van der Waals surface area contributed by atoms with Crippen LogP contribution in [0.15, 0.2) is 33.5 Å². The third kappa shape index (κ3) is 2.55. The van der Waals surface area contributed by atoms with Crippen molar-refractivity contribution in [2.24, 2.45) is 0 Å². The lowest BCUT2D eigenvalue weighted by Crippen LogP contribution is -2.13. The standard InChI is InChI=1S/C12H11BrN2O2/c1-7-5-11(14-6-10(7)13)15-12(16)9-3-4-17-8(9)2/h3-6H,1-2H3,(H,14,15,16). The van der Waals surface area contributed by atoms with Crippen LogP contribution in [0, 0.1) is 13.8 Å². The molecule has 0 aliphatic heterocycles. The number of anilines is 1. The van der Waals surface area contributed by atoms with Crippen molar-refractivity contribution in [2.45, 2.75) is 13.8 Å². The van der Waals surface area contributed by atoms with Crippen molar-refractivity contribution in [3.63, 3.8) is 0 Å². The maximum absolute atomic E-state index is 11.9. The predicted molar refractivity (Wildman–Crippen MR) is 68.1 cm³/mol. The summed E-state index contributed by atoms with van der Waals surface area (Å²) in [7, 11) is 0. The number of pyridine rings is 1. The molecule has 17 heavy (non-hydrogen) atoms. The number of nitrogens with one attached hydrogen (secondary N) is 1. The van der Waals surface area contributed by atoms with Crippen LogP contribution < -0.4 is 5.32 Å². The number of amides is 1. The van der Waals surface area contributed by atoms with Crippen molar-refractivity contribution in [2.75, 3.05) is 5.32 Å². The van der Waals surface area contributed by atoms with E-state index in [4.69, 9.17) is 4.42 Å². The lowest BCUT2D eigenvalue weighted by atomic mass is 10.2. The van der Waals surface area contributed by atoms with Crippen molar-refractivity contribution >= 4 is 27.7 Å². The van der Waals surface area contributed by atoms with Crippen molar-refractivity contribution in [3.05, 3.63) is 46.0 Å². The van der Waals surface area contributed by atoms with Crippen molar-refractivity contribution in [1.82, 2.24) is 4.98 Å². The Bertz CT molecular complexity index is 563. The average Bonchev–Trinajstić information content (AvgIpc) is 2.70. The normalized spacial score (nSPS) is 10.3. The number of carbonyl (C=O) groups excluding carboxylic acids is 1. The lowest BCUT2D eigenvalue weighted by Gasteiger charge is -2.05. The first kappa shape index (κ1) is 11.9. The van der Waals surface area contributed by atoms with Crippen molar-refractivity contribution < 1.29 is 9.21 Å². The van der Waals surface area contributed by atoms with E-state index in [9.17, 15) is 4.79 Å². The smallest absolute Gasteiger partial charge is 0.260 e. The second-order valence-corrected chi connectivity index (χ2v) is 4.52. The highest BCUT2D eigenvalue weighted by Gasteiger charge is 2.12. The molecule has 1 amide bonds. The molecule has 0 spiro atoms. The van der Waals surface area contributed by atoms with Crippen molar-refractivity contribution in [3.8, 4) is 0 Å². The quantitative estimate of drug-likeness (QED) is 0.924. The number of hydrogen-bond acceptors (Lipinski definition) is 3. The van der Waals surface area contributed by atoms with Gasteiger partial charge in [-0.05, 0) is 47.5 Å². The highest BCUT2D eigenvalue weighted by Crippen LogP contribution is 2.18. The van der Waals surface area contributed by atoms with Gasteiger partial charge in [0.15, 0.2) is 0 Å². The highest BCUT2D eigenvalue weighted by atomic mass is 79.9. The molecule has 0 fully saturated rings. The summed E-state index contributed by atoms with van der Waals surface area (Å²) in [5, 5.41) is 2.72. The van der Waals surface area contributed by atoms with Gasteiger partial charge in [0.2, 0.25) is 0 Å². The van der Waals surface area contributed by atoms with Gasteiger partial charge in [-0.15, -0.1) is 0 Å². The van der Waals surface area contributed by atoms with Gasteiger partial charge in [-0.3, -0.25) is 4.79 Å². The molecule has 0 aromatic carbocycles. The molecular weight excluding hydrogens is 284 g/mol. The molecule has 0 unspecified atom stereocenters. The molecule has 88 valence electrons. The maximum Gasteiger partial charge on any atom is 0.260 e. The largest absolute Gasteiger partial charge is 0.469 e. The zero-order valence-corrected chi connectivity index (χ0v) is 11.0. The van der Waals surface area contributed by atoms with E-state index in [0.717, 1.165) is 10.0 Å². The fourth-order valence-corrected chi connectivity index (χ4v) is 1.63. The van der Waals surface area contributed by atoms with Crippen LogP contribution in [0.5, 0.6) is 0 Å². The molecule has 0 bridgehead atoms. The van der Waals surface area contributed by atoms with Crippen LogP contribution in [0.1, 0.15) is 21.7 Å². The fourth-order valence-electron chi connectivity index (χ4n) is 1.41. The molecule has 2 aromatic heterocycles. The number of rotatable bonds is 2. The molecule has 0 saturated heterocycles. The first-order valence-corrected chi connectivity index (χ1v) is 5.85. The molecule has 4 nitrogen and oxygen atoms in total. The number of hydrogen-bond donors (Lipinski definition) is 1. The molecular formula is C12H11BrN2O2. The molecule has 2 aromatic rings. The van der Waals surface area contributed by atoms with E-state index in [1.807, 2.05) is 6.92 Å². The van der Waals surface area contributed by atoms with E-state index in [-0.39, 0.29) is 5.91 Å². The lowest BCUT2D eigenvalue weighted by molar-refractivity contribution is 0.102. The minimum absolute atomic E-state index is 0.217. The van der Waals surface area contributed by atoms with Crippen LogP contribution in [0.25, 0.3) is 0 Å². The van der Waals surface area contributed by atoms with Gasteiger partial charge < -0.3 is 9.73 Å². The molecule has 2 rings (SSSR count). The van der Waals surface area contributed by atoms with E-state index >= 15 is 0 Å². The first-order valence-electron chi connectivity index (χ1n) is 5.05. The van der Waals surface area contributed by atoms with Crippen molar-refractivity contribution in [1.29, 1.82) is 0 Å². The zero-order valence-electron chi connectivity index (χ0n) is 9.45. The minimum Gasteiger partial charge on any atom is -0.469 e. The maximum atomic E-state index is 11.9.